The van der Waals surface area contributed by atoms with E-state index in [4.69, 9.17) is 9.41 Å². The molecule has 1 unspecified atom stereocenters. The molecule has 0 amide bonds. The molecule has 1 saturated carbocycles. The molecule has 0 spiro atoms. The molecule has 7 heteroatoms. The molecule has 1 aromatic heterocycles. The smallest absolute Gasteiger partial charge is 0.410 e. The van der Waals surface area contributed by atoms with Gasteiger partial charge in [-0.25, -0.2) is 0 Å². The molecule has 0 radical (unpaired) electrons. The quantitative estimate of drug-likeness (QED) is 0.344. The van der Waals surface area contributed by atoms with Crippen LogP contribution in [0.1, 0.15) is 124 Å². The number of rotatable bonds is 7. The van der Waals surface area contributed by atoms with Gasteiger partial charge >= 0.3 is 6.18 Å². The molecule has 2 aromatic rings. The van der Waals surface area contributed by atoms with E-state index in [1.165, 1.54) is 12.1 Å². The molecule has 0 aliphatic heterocycles. The number of hydrogen-bond donors (Lipinski definition) is 1. The Hall–Kier alpha value is -1.96. The highest BCUT2D eigenvalue weighted by Crippen LogP contribution is 2.52. The fourth-order valence-corrected chi connectivity index (χ4v) is 7.39. The number of halogens is 3. The van der Waals surface area contributed by atoms with Gasteiger partial charge in [-0.2, -0.15) is 13.2 Å². The van der Waals surface area contributed by atoms with Crippen LogP contribution in [-0.4, -0.2) is 18.4 Å². The Kier molecular flexibility index (Phi) is 8.30. The molecule has 39 heavy (non-hydrogen) atoms. The first-order chi connectivity index (χ1) is 18.0. The number of benzene rings is 1. The largest absolute Gasteiger partial charge is 0.416 e. The molecule has 2 aliphatic carbocycles. The summed E-state index contributed by atoms with van der Waals surface area (Å²) < 4.78 is 46.9. The minimum atomic E-state index is -4.43. The lowest BCUT2D eigenvalue weighted by atomic mass is 9.70. The first-order valence-electron chi connectivity index (χ1n) is 14.3. The summed E-state index contributed by atoms with van der Waals surface area (Å²) in [6.45, 7) is 19.6. The van der Waals surface area contributed by atoms with Crippen molar-refractivity contribution in [1.82, 2.24) is 4.98 Å². The number of fused-ring (bicyclic) bond motifs is 1. The first-order valence-corrected chi connectivity index (χ1v) is 17.3. The number of pyridine rings is 1. The van der Waals surface area contributed by atoms with Gasteiger partial charge < -0.3 is 9.53 Å². The Bertz CT molecular complexity index is 1210. The summed E-state index contributed by atoms with van der Waals surface area (Å²) in [5.74, 6) is 0.245. The minimum absolute atomic E-state index is 0.00102. The maximum absolute atomic E-state index is 13.3. The van der Waals surface area contributed by atoms with E-state index < -0.39 is 26.2 Å². The lowest BCUT2D eigenvalue weighted by molar-refractivity contribution is -0.137. The van der Waals surface area contributed by atoms with Gasteiger partial charge in [0.15, 0.2) is 8.32 Å². The molecule has 1 N–H and O–H groups in total. The van der Waals surface area contributed by atoms with Crippen LogP contribution in [0.15, 0.2) is 30.8 Å². The zero-order valence-electron chi connectivity index (χ0n) is 24.5. The summed E-state index contributed by atoms with van der Waals surface area (Å²) in [7, 11) is -2.04. The van der Waals surface area contributed by atoms with Crippen LogP contribution in [0.25, 0.3) is 5.57 Å². The van der Waals surface area contributed by atoms with Crippen molar-refractivity contribution < 1.29 is 22.7 Å². The predicted molar refractivity (Wildman–Crippen MR) is 154 cm³/mol. The van der Waals surface area contributed by atoms with Crippen LogP contribution in [0.5, 0.6) is 0 Å². The van der Waals surface area contributed by atoms with Crippen LogP contribution in [0, 0.1) is 5.41 Å². The molecule has 2 aliphatic rings. The van der Waals surface area contributed by atoms with E-state index in [2.05, 4.69) is 47.4 Å². The van der Waals surface area contributed by atoms with Crippen LogP contribution in [0.3, 0.4) is 0 Å². The summed E-state index contributed by atoms with van der Waals surface area (Å²) in [6.07, 6.45) is 0.257. The molecule has 2 atom stereocenters. The van der Waals surface area contributed by atoms with Crippen molar-refractivity contribution in [2.75, 3.05) is 0 Å². The van der Waals surface area contributed by atoms with Gasteiger partial charge in [0.05, 0.1) is 17.4 Å². The second kappa shape index (κ2) is 10.8. The maximum atomic E-state index is 13.3. The molecule has 4 rings (SSSR count). The van der Waals surface area contributed by atoms with Crippen LogP contribution in [0.4, 0.5) is 13.2 Å². The number of nitrogens with zero attached hydrogens (tertiary/aromatic N) is 1. The third-order valence-electron chi connectivity index (χ3n) is 8.93. The average molecular weight is 560 g/mol. The van der Waals surface area contributed by atoms with Crippen molar-refractivity contribution in [2.24, 2.45) is 5.41 Å². The van der Waals surface area contributed by atoms with Crippen LogP contribution in [0.2, 0.25) is 18.6 Å². The normalized spacial score (nSPS) is 20.8. The van der Waals surface area contributed by atoms with Gasteiger partial charge in [-0.3, -0.25) is 4.98 Å². The zero-order valence-corrected chi connectivity index (χ0v) is 25.5. The van der Waals surface area contributed by atoms with E-state index in [0.717, 1.165) is 73.1 Å². The summed E-state index contributed by atoms with van der Waals surface area (Å²) >= 11 is 0. The minimum Gasteiger partial charge on any atom is -0.410 e. The molecule has 0 saturated heterocycles. The number of aliphatic hydroxyl groups is 1. The van der Waals surface area contributed by atoms with Gasteiger partial charge in [-0.15, -0.1) is 0 Å². The topological polar surface area (TPSA) is 42.4 Å². The van der Waals surface area contributed by atoms with Crippen LogP contribution < -0.4 is 0 Å². The zero-order chi connectivity index (χ0) is 28.9. The van der Waals surface area contributed by atoms with E-state index >= 15 is 0 Å². The Morgan fingerprint density at radius 2 is 1.69 bits per heavy atom. The standard InChI is InChI=1S/C32H44F3NO2Si/c1-19(2)29-28(30(37)22-13-15-23(16-14-22)32(33,34)35)26(21-11-9-10-12-21)27-24(36-29)17-31(5,6)18-25(27)38-39(7,8)20(3)4/h13-16,20-21,25,30,37H,1,9-12,17-18H2,2-8H3/t25-,30?/m0/s1. The highest BCUT2D eigenvalue weighted by atomic mass is 28.4. The molecular weight excluding hydrogens is 515 g/mol. The maximum Gasteiger partial charge on any atom is 0.416 e. The highest BCUT2D eigenvalue weighted by molar-refractivity contribution is 6.72. The molecular formula is C32H44F3NO2Si. The lowest BCUT2D eigenvalue weighted by Crippen LogP contribution is -2.40. The van der Waals surface area contributed by atoms with E-state index in [1.807, 2.05) is 6.92 Å². The molecule has 0 bridgehead atoms. The Balaban J connectivity index is 1.97. The summed E-state index contributed by atoms with van der Waals surface area (Å²) in [6, 6.07) is 4.87. The number of alkyl halides is 3. The highest BCUT2D eigenvalue weighted by Gasteiger charge is 2.43. The van der Waals surface area contributed by atoms with Gasteiger partial charge in [-0.05, 0) is 91.4 Å². The van der Waals surface area contributed by atoms with Crippen molar-refractivity contribution in [3.05, 3.63) is 70.0 Å². The lowest BCUT2D eigenvalue weighted by Gasteiger charge is -2.43. The fraction of sp³-hybridized carbons (Fsp3) is 0.594. The van der Waals surface area contributed by atoms with Gasteiger partial charge in [0.25, 0.3) is 0 Å². The van der Waals surface area contributed by atoms with Crippen molar-refractivity contribution in [1.29, 1.82) is 0 Å². The summed E-state index contributed by atoms with van der Waals surface area (Å²) in [5, 5.41) is 11.9. The van der Waals surface area contributed by atoms with Crippen molar-refractivity contribution >= 4 is 13.9 Å². The van der Waals surface area contributed by atoms with E-state index in [0.29, 0.717) is 22.4 Å². The molecule has 1 fully saturated rings. The van der Waals surface area contributed by atoms with Gasteiger partial charge in [0, 0.05) is 16.8 Å². The second-order valence-electron chi connectivity index (χ2n) is 13.3. The van der Waals surface area contributed by atoms with Crippen LogP contribution >= 0.6 is 0 Å². The van der Waals surface area contributed by atoms with Crippen molar-refractivity contribution in [3.63, 3.8) is 0 Å². The van der Waals surface area contributed by atoms with Gasteiger partial charge in [-0.1, -0.05) is 59.2 Å². The Labute approximate surface area is 233 Å². The third kappa shape index (κ3) is 6.20. The van der Waals surface area contributed by atoms with Gasteiger partial charge in [0.2, 0.25) is 0 Å². The summed E-state index contributed by atoms with van der Waals surface area (Å²) in [5.41, 5.74) is 5.49. The van der Waals surface area contributed by atoms with Crippen molar-refractivity contribution in [3.8, 4) is 0 Å². The number of aliphatic hydroxyl groups excluding tert-OH is 1. The Morgan fingerprint density at radius 3 is 2.21 bits per heavy atom. The second-order valence-corrected chi connectivity index (χ2v) is 17.9. The van der Waals surface area contributed by atoms with Crippen LogP contribution in [-0.2, 0) is 17.0 Å². The van der Waals surface area contributed by atoms with Crippen molar-refractivity contribution in [2.45, 2.75) is 116 Å². The van der Waals surface area contributed by atoms with E-state index in [9.17, 15) is 18.3 Å². The number of hydrogen-bond acceptors (Lipinski definition) is 3. The monoisotopic (exact) mass is 559 g/mol. The molecule has 214 valence electrons. The molecule has 3 nitrogen and oxygen atoms in total. The van der Waals surface area contributed by atoms with E-state index in [1.54, 1.807) is 0 Å². The van der Waals surface area contributed by atoms with E-state index in [-0.39, 0.29) is 17.4 Å². The number of aromatic nitrogens is 1. The molecule has 1 heterocycles. The average Bonchev–Trinajstić information content (AvgIpc) is 3.35. The molecule has 1 aromatic carbocycles. The first kappa shape index (κ1) is 30.0. The van der Waals surface area contributed by atoms with Gasteiger partial charge in [0.1, 0.15) is 6.10 Å². The summed E-state index contributed by atoms with van der Waals surface area (Å²) in [4.78, 5) is 5.16. The third-order valence-corrected chi connectivity index (χ3v) is 12.6. The SMILES string of the molecule is C=C(C)c1nc2c(c(C3CCCC3)c1C(O)c1ccc(C(F)(F)F)cc1)[C@@H](O[Si](C)(C)C(C)C)CC(C)(C)C2. The Morgan fingerprint density at radius 1 is 1.10 bits per heavy atom. The predicted octanol–water partition coefficient (Wildman–Crippen LogP) is 9.52. The number of allylic oxidation sites excluding steroid dienone is 1. The fourth-order valence-electron chi connectivity index (χ4n) is 6.19.